The van der Waals surface area contributed by atoms with Gasteiger partial charge in [-0.3, -0.25) is 9.78 Å². The summed E-state index contributed by atoms with van der Waals surface area (Å²) in [6.07, 6.45) is 5.70. The Labute approximate surface area is 142 Å². The molecule has 5 nitrogen and oxygen atoms in total. The highest BCUT2D eigenvalue weighted by atomic mass is 16.5. The molecule has 5 heteroatoms. The second-order valence-corrected chi connectivity index (χ2v) is 5.04. The van der Waals surface area contributed by atoms with E-state index < -0.39 is 0 Å². The lowest BCUT2D eigenvalue weighted by atomic mass is 10.2. The van der Waals surface area contributed by atoms with Crippen LogP contribution in [0.5, 0.6) is 11.5 Å². The molecule has 0 spiro atoms. The molecule has 1 aromatic carbocycles. The topological polar surface area (TPSA) is 60.5 Å². The zero-order valence-electron chi connectivity index (χ0n) is 14.0. The zero-order valence-corrected chi connectivity index (χ0v) is 14.0. The summed E-state index contributed by atoms with van der Waals surface area (Å²) in [5.74, 6) is 1.20. The molecule has 2 aromatic rings. The largest absolute Gasteiger partial charge is 0.493 e. The van der Waals surface area contributed by atoms with Gasteiger partial charge in [-0.1, -0.05) is 12.1 Å². The van der Waals surface area contributed by atoms with Gasteiger partial charge in [0, 0.05) is 30.9 Å². The fourth-order valence-corrected chi connectivity index (χ4v) is 2.15. The zero-order chi connectivity index (χ0) is 17.2. The molecule has 24 heavy (non-hydrogen) atoms. The van der Waals surface area contributed by atoms with Crippen molar-refractivity contribution in [1.82, 2.24) is 10.3 Å². The molecule has 1 amide bonds. The first-order valence-corrected chi connectivity index (χ1v) is 7.89. The number of hydrogen-bond donors (Lipinski definition) is 1. The fourth-order valence-electron chi connectivity index (χ4n) is 2.15. The Bertz CT molecular complexity index is 684. The van der Waals surface area contributed by atoms with E-state index in [1.54, 1.807) is 19.4 Å². The summed E-state index contributed by atoms with van der Waals surface area (Å²) in [5, 5.41) is 2.84. The lowest BCUT2D eigenvalue weighted by Crippen LogP contribution is -2.23. The van der Waals surface area contributed by atoms with Gasteiger partial charge >= 0.3 is 0 Å². The Kier molecular flexibility index (Phi) is 6.83. The molecule has 0 fully saturated rings. The number of nitrogens with zero attached hydrogens (tertiary/aromatic N) is 1. The van der Waals surface area contributed by atoms with Crippen LogP contribution < -0.4 is 14.8 Å². The molecule has 2 rings (SSSR count). The van der Waals surface area contributed by atoms with Crippen LogP contribution in [0, 0.1) is 0 Å². The van der Waals surface area contributed by atoms with E-state index in [1.807, 2.05) is 43.3 Å². The van der Waals surface area contributed by atoms with Crippen molar-refractivity contribution in [3.63, 3.8) is 0 Å². The number of amides is 1. The average molecular weight is 326 g/mol. The smallest absolute Gasteiger partial charge is 0.244 e. The summed E-state index contributed by atoms with van der Waals surface area (Å²) < 4.78 is 10.8. The predicted octanol–water partition coefficient (Wildman–Crippen LogP) is 2.86. The molecule has 0 aliphatic heterocycles. The summed E-state index contributed by atoms with van der Waals surface area (Å²) in [6.45, 7) is 3.04. The summed E-state index contributed by atoms with van der Waals surface area (Å²) in [6, 6.07) is 11.3. The van der Waals surface area contributed by atoms with Crippen LogP contribution in [0.3, 0.4) is 0 Å². The quantitative estimate of drug-likeness (QED) is 0.758. The minimum atomic E-state index is -0.140. The van der Waals surface area contributed by atoms with E-state index in [2.05, 4.69) is 10.3 Å². The van der Waals surface area contributed by atoms with Crippen molar-refractivity contribution in [2.45, 2.75) is 13.3 Å². The normalized spacial score (nSPS) is 10.6. The molecular weight excluding hydrogens is 304 g/mol. The highest BCUT2D eigenvalue weighted by Gasteiger charge is 2.04. The maximum Gasteiger partial charge on any atom is 0.244 e. The number of carbonyl (C=O) groups excluding carboxylic acids is 1. The van der Waals surface area contributed by atoms with Crippen LogP contribution in [0.1, 0.15) is 18.2 Å². The van der Waals surface area contributed by atoms with Crippen molar-refractivity contribution in [2.24, 2.45) is 0 Å². The monoisotopic (exact) mass is 326 g/mol. The number of hydrogen-bond acceptors (Lipinski definition) is 4. The van der Waals surface area contributed by atoms with E-state index in [0.29, 0.717) is 31.1 Å². The number of pyridine rings is 1. The summed E-state index contributed by atoms with van der Waals surface area (Å²) in [4.78, 5) is 16.1. The van der Waals surface area contributed by atoms with Gasteiger partial charge in [0.25, 0.3) is 0 Å². The second-order valence-electron chi connectivity index (χ2n) is 5.04. The molecule has 0 aliphatic carbocycles. The second kappa shape index (κ2) is 9.35. The molecule has 1 heterocycles. The lowest BCUT2D eigenvalue weighted by molar-refractivity contribution is -0.116. The third-order valence-corrected chi connectivity index (χ3v) is 3.32. The Morgan fingerprint density at radius 1 is 1.25 bits per heavy atom. The maximum atomic E-state index is 11.9. The van der Waals surface area contributed by atoms with Gasteiger partial charge in [-0.2, -0.15) is 0 Å². The van der Waals surface area contributed by atoms with Crippen LogP contribution in [0.2, 0.25) is 0 Å². The van der Waals surface area contributed by atoms with Crippen molar-refractivity contribution in [3.05, 3.63) is 59.9 Å². The number of ether oxygens (including phenoxy) is 2. The molecule has 0 radical (unpaired) electrons. The van der Waals surface area contributed by atoms with Crippen LogP contribution in [0.15, 0.2) is 48.7 Å². The molecule has 0 aliphatic rings. The van der Waals surface area contributed by atoms with Crippen molar-refractivity contribution >= 4 is 12.0 Å². The summed E-state index contributed by atoms with van der Waals surface area (Å²) in [7, 11) is 1.59. The first-order chi connectivity index (χ1) is 11.7. The maximum absolute atomic E-state index is 11.9. The SMILES string of the molecule is CCOc1ccc(/C=C/C(=O)NCCc2ccccn2)cc1OC. The third-order valence-electron chi connectivity index (χ3n) is 3.32. The molecular formula is C19H22N2O3. The van der Waals surface area contributed by atoms with Crippen LogP contribution in [0.25, 0.3) is 6.08 Å². The molecule has 0 bridgehead atoms. The standard InChI is InChI=1S/C19H22N2O3/c1-3-24-17-9-7-15(14-18(17)23-2)8-10-19(22)21-13-11-16-6-4-5-12-20-16/h4-10,12,14H,3,11,13H2,1-2H3,(H,21,22)/b10-8+. The molecule has 0 saturated carbocycles. The highest BCUT2D eigenvalue weighted by molar-refractivity contribution is 5.91. The molecule has 0 unspecified atom stereocenters. The molecule has 0 atom stereocenters. The fraction of sp³-hybridized carbons (Fsp3) is 0.263. The number of rotatable bonds is 8. The van der Waals surface area contributed by atoms with Crippen molar-refractivity contribution in [1.29, 1.82) is 0 Å². The molecule has 0 saturated heterocycles. The van der Waals surface area contributed by atoms with E-state index in [4.69, 9.17) is 9.47 Å². The summed E-state index contributed by atoms with van der Waals surface area (Å²) in [5.41, 5.74) is 1.83. The van der Waals surface area contributed by atoms with Gasteiger partial charge in [-0.15, -0.1) is 0 Å². The van der Waals surface area contributed by atoms with Crippen molar-refractivity contribution in [2.75, 3.05) is 20.3 Å². The van der Waals surface area contributed by atoms with Gasteiger partial charge in [0.15, 0.2) is 11.5 Å². The van der Waals surface area contributed by atoms with Crippen LogP contribution in [-0.4, -0.2) is 31.2 Å². The van der Waals surface area contributed by atoms with E-state index in [1.165, 1.54) is 6.08 Å². The van der Waals surface area contributed by atoms with Crippen LogP contribution in [-0.2, 0) is 11.2 Å². The van der Waals surface area contributed by atoms with Gasteiger partial charge in [-0.05, 0) is 42.8 Å². The number of carbonyl (C=O) groups is 1. The summed E-state index contributed by atoms with van der Waals surface area (Å²) >= 11 is 0. The van der Waals surface area contributed by atoms with Crippen molar-refractivity contribution < 1.29 is 14.3 Å². The van der Waals surface area contributed by atoms with Crippen LogP contribution in [0.4, 0.5) is 0 Å². The predicted molar refractivity (Wildman–Crippen MR) is 94.1 cm³/mol. The Balaban J connectivity index is 1.86. The number of nitrogens with one attached hydrogen (secondary N) is 1. The van der Waals surface area contributed by atoms with E-state index in [-0.39, 0.29) is 5.91 Å². The number of benzene rings is 1. The minimum absolute atomic E-state index is 0.140. The van der Waals surface area contributed by atoms with Gasteiger partial charge in [0.2, 0.25) is 5.91 Å². The lowest BCUT2D eigenvalue weighted by Gasteiger charge is -2.09. The first kappa shape index (κ1) is 17.5. The Morgan fingerprint density at radius 2 is 2.12 bits per heavy atom. The van der Waals surface area contributed by atoms with Crippen LogP contribution >= 0.6 is 0 Å². The Hall–Kier alpha value is -2.82. The highest BCUT2D eigenvalue weighted by Crippen LogP contribution is 2.28. The van der Waals surface area contributed by atoms with Gasteiger partial charge in [0.05, 0.1) is 13.7 Å². The Morgan fingerprint density at radius 3 is 2.83 bits per heavy atom. The van der Waals surface area contributed by atoms with E-state index >= 15 is 0 Å². The van der Waals surface area contributed by atoms with Gasteiger partial charge in [-0.25, -0.2) is 0 Å². The van der Waals surface area contributed by atoms with Gasteiger partial charge < -0.3 is 14.8 Å². The minimum Gasteiger partial charge on any atom is -0.493 e. The average Bonchev–Trinajstić information content (AvgIpc) is 2.62. The number of aromatic nitrogens is 1. The molecule has 126 valence electrons. The van der Waals surface area contributed by atoms with E-state index in [9.17, 15) is 4.79 Å². The third kappa shape index (κ3) is 5.43. The first-order valence-electron chi connectivity index (χ1n) is 7.89. The van der Waals surface area contributed by atoms with Gasteiger partial charge in [0.1, 0.15) is 0 Å². The number of methoxy groups -OCH3 is 1. The molecule has 1 N–H and O–H groups in total. The van der Waals surface area contributed by atoms with E-state index in [0.717, 1.165) is 11.3 Å². The molecule has 1 aromatic heterocycles. The van der Waals surface area contributed by atoms with Crippen molar-refractivity contribution in [3.8, 4) is 11.5 Å².